The molecule has 5 heteroatoms. The Balaban J connectivity index is 2.18. The number of halogens is 2. The number of benzene rings is 1. The maximum Gasteiger partial charge on any atom is 0.137 e. The number of pyridine rings is 1. The Morgan fingerprint density at radius 1 is 1.39 bits per heavy atom. The largest absolute Gasteiger partial charge is 0.377 e. The van der Waals surface area contributed by atoms with Crippen molar-refractivity contribution in [2.45, 2.75) is 6.04 Å². The van der Waals surface area contributed by atoms with Crippen molar-refractivity contribution in [1.82, 2.24) is 4.98 Å². The van der Waals surface area contributed by atoms with Crippen molar-refractivity contribution in [2.24, 2.45) is 5.73 Å². The van der Waals surface area contributed by atoms with Crippen molar-refractivity contribution in [2.75, 3.05) is 11.9 Å². The molecule has 18 heavy (non-hydrogen) atoms. The zero-order valence-electron chi connectivity index (χ0n) is 9.61. The van der Waals surface area contributed by atoms with Crippen LogP contribution < -0.4 is 11.1 Å². The lowest BCUT2D eigenvalue weighted by Gasteiger charge is -2.18. The second-order valence-electron chi connectivity index (χ2n) is 3.85. The average molecular weight is 310 g/mol. The number of nitrogens with two attached hydrogens (primary N) is 1. The molecule has 1 aromatic carbocycles. The molecule has 1 aromatic heterocycles. The minimum atomic E-state index is -0.286. The highest BCUT2D eigenvalue weighted by molar-refractivity contribution is 9.10. The highest BCUT2D eigenvalue weighted by atomic mass is 79.9. The monoisotopic (exact) mass is 309 g/mol. The molecule has 0 fully saturated rings. The van der Waals surface area contributed by atoms with Gasteiger partial charge >= 0.3 is 0 Å². The number of nitrogens with zero attached hydrogens (tertiary/aromatic N) is 1. The van der Waals surface area contributed by atoms with Gasteiger partial charge in [0.05, 0.1) is 10.5 Å². The number of nitrogens with one attached hydrogen (secondary N) is 1. The van der Waals surface area contributed by atoms with E-state index in [1.54, 1.807) is 24.5 Å². The first kappa shape index (κ1) is 13.0. The van der Waals surface area contributed by atoms with Crippen LogP contribution in [0.25, 0.3) is 0 Å². The molecular formula is C13H13BrFN3. The fourth-order valence-corrected chi connectivity index (χ4v) is 2.03. The lowest BCUT2D eigenvalue weighted by atomic mass is 10.1. The molecule has 3 N–H and O–H groups in total. The molecule has 0 aliphatic carbocycles. The summed E-state index contributed by atoms with van der Waals surface area (Å²) in [4.78, 5) is 4.06. The smallest absolute Gasteiger partial charge is 0.137 e. The Morgan fingerprint density at radius 2 is 2.22 bits per heavy atom. The van der Waals surface area contributed by atoms with Crippen molar-refractivity contribution in [3.8, 4) is 0 Å². The molecule has 1 atom stereocenters. The van der Waals surface area contributed by atoms with E-state index in [4.69, 9.17) is 5.73 Å². The van der Waals surface area contributed by atoms with Gasteiger partial charge in [-0.2, -0.15) is 0 Å². The summed E-state index contributed by atoms with van der Waals surface area (Å²) in [6, 6.07) is 8.55. The van der Waals surface area contributed by atoms with Crippen LogP contribution in [0.15, 0.2) is 47.2 Å². The number of hydrogen-bond donors (Lipinski definition) is 2. The molecule has 0 bridgehead atoms. The van der Waals surface area contributed by atoms with Crippen molar-refractivity contribution in [3.05, 3.63) is 58.6 Å². The first-order valence-corrected chi connectivity index (χ1v) is 6.31. The zero-order valence-corrected chi connectivity index (χ0v) is 11.2. The summed E-state index contributed by atoms with van der Waals surface area (Å²) >= 11 is 3.16. The predicted molar refractivity (Wildman–Crippen MR) is 73.8 cm³/mol. The van der Waals surface area contributed by atoms with Gasteiger partial charge in [0, 0.05) is 24.6 Å². The maximum atomic E-state index is 13.1. The fourth-order valence-electron chi connectivity index (χ4n) is 1.65. The summed E-state index contributed by atoms with van der Waals surface area (Å²) in [7, 11) is 0. The van der Waals surface area contributed by atoms with Gasteiger partial charge in [-0.05, 0) is 45.8 Å². The molecule has 1 heterocycles. The van der Waals surface area contributed by atoms with Gasteiger partial charge in [-0.25, -0.2) is 4.39 Å². The highest BCUT2D eigenvalue weighted by Gasteiger charge is 2.10. The van der Waals surface area contributed by atoms with Crippen LogP contribution in [0.1, 0.15) is 11.6 Å². The van der Waals surface area contributed by atoms with Crippen molar-refractivity contribution < 1.29 is 4.39 Å². The molecule has 2 rings (SSSR count). The van der Waals surface area contributed by atoms with Crippen molar-refractivity contribution in [3.63, 3.8) is 0 Å². The first-order chi connectivity index (χ1) is 8.70. The van der Waals surface area contributed by atoms with Crippen LogP contribution in [0.4, 0.5) is 10.1 Å². The van der Waals surface area contributed by atoms with Crippen molar-refractivity contribution in [1.29, 1.82) is 0 Å². The Labute approximate surface area is 113 Å². The quantitative estimate of drug-likeness (QED) is 0.912. The predicted octanol–water partition coefficient (Wildman–Crippen LogP) is 3.10. The van der Waals surface area contributed by atoms with E-state index in [0.717, 1.165) is 11.3 Å². The molecule has 0 saturated carbocycles. The van der Waals surface area contributed by atoms with E-state index in [-0.39, 0.29) is 11.9 Å². The third kappa shape index (κ3) is 3.05. The van der Waals surface area contributed by atoms with Gasteiger partial charge in [0.15, 0.2) is 0 Å². The van der Waals surface area contributed by atoms with Gasteiger partial charge in [0.2, 0.25) is 0 Å². The van der Waals surface area contributed by atoms with E-state index in [1.165, 1.54) is 6.07 Å². The molecule has 0 spiro atoms. The van der Waals surface area contributed by atoms with Crippen LogP contribution in [-0.2, 0) is 0 Å². The van der Waals surface area contributed by atoms with E-state index in [1.807, 2.05) is 12.1 Å². The van der Waals surface area contributed by atoms with Crippen LogP contribution in [0.3, 0.4) is 0 Å². The third-order valence-electron chi connectivity index (χ3n) is 2.58. The Hall–Kier alpha value is -1.46. The van der Waals surface area contributed by atoms with E-state index in [2.05, 4.69) is 26.2 Å². The molecule has 0 radical (unpaired) electrons. The second-order valence-corrected chi connectivity index (χ2v) is 4.70. The fraction of sp³-hybridized carbons (Fsp3) is 0.154. The van der Waals surface area contributed by atoms with E-state index in [0.29, 0.717) is 11.0 Å². The molecular weight excluding hydrogens is 297 g/mol. The molecule has 0 aliphatic rings. The third-order valence-corrected chi connectivity index (χ3v) is 3.19. The second kappa shape index (κ2) is 5.93. The lowest BCUT2D eigenvalue weighted by molar-refractivity contribution is 0.621. The number of rotatable bonds is 4. The summed E-state index contributed by atoms with van der Waals surface area (Å²) in [5.41, 5.74) is 7.55. The molecule has 1 unspecified atom stereocenters. The first-order valence-electron chi connectivity index (χ1n) is 5.52. The van der Waals surface area contributed by atoms with Crippen LogP contribution >= 0.6 is 15.9 Å². The molecule has 0 aliphatic heterocycles. The lowest BCUT2D eigenvalue weighted by Crippen LogP contribution is -2.20. The van der Waals surface area contributed by atoms with Crippen molar-refractivity contribution >= 4 is 21.6 Å². The SMILES string of the molecule is NCC(Nc1ccc(F)c(Br)c1)c1cccnc1. The summed E-state index contributed by atoms with van der Waals surface area (Å²) < 4.78 is 13.6. The van der Waals surface area contributed by atoms with Crippen LogP contribution in [0.5, 0.6) is 0 Å². The van der Waals surface area contributed by atoms with Crippen LogP contribution in [0.2, 0.25) is 0 Å². The summed E-state index contributed by atoms with van der Waals surface area (Å²) in [6.07, 6.45) is 3.48. The van der Waals surface area contributed by atoms with Gasteiger partial charge in [-0.1, -0.05) is 6.07 Å². The number of anilines is 1. The highest BCUT2D eigenvalue weighted by Crippen LogP contribution is 2.23. The Morgan fingerprint density at radius 3 is 2.83 bits per heavy atom. The molecule has 3 nitrogen and oxygen atoms in total. The van der Waals surface area contributed by atoms with Gasteiger partial charge in [0.25, 0.3) is 0 Å². The summed E-state index contributed by atoms with van der Waals surface area (Å²) in [5.74, 6) is -0.286. The standard InChI is InChI=1S/C13H13BrFN3/c14-11-6-10(3-4-12(11)15)18-13(7-16)9-2-1-5-17-8-9/h1-6,8,13,18H,7,16H2. The molecule has 2 aromatic rings. The maximum absolute atomic E-state index is 13.1. The van der Waals surface area contributed by atoms with Gasteiger partial charge in [-0.15, -0.1) is 0 Å². The van der Waals surface area contributed by atoms with Crippen LogP contribution in [0, 0.1) is 5.82 Å². The molecule has 0 amide bonds. The van der Waals surface area contributed by atoms with Gasteiger partial charge < -0.3 is 11.1 Å². The summed E-state index contributed by atoms with van der Waals surface area (Å²) in [6.45, 7) is 0.431. The van der Waals surface area contributed by atoms with E-state index in [9.17, 15) is 4.39 Å². The van der Waals surface area contributed by atoms with Gasteiger partial charge in [0.1, 0.15) is 5.82 Å². The van der Waals surface area contributed by atoms with Gasteiger partial charge in [-0.3, -0.25) is 4.98 Å². The summed E-state index contributed by atoms with van der Waals surface area (Å²) in [5, 5.41) is 3.25. The molecule has 0 saturated heterocycles. The Bertz CT molecular complexity index is 519. The molecule has 94 valence electrons. The number of hydrogen-bond acceptors (Lipinski definition) is 3. The van der Waals surface area contributed by atoms with E-state index < -0.39 is 0 Å². The average Bonchev–Trinajstić information content (AvgIpc) is 2.41. The number of aromatic nitrogens is 1. The van der Waals surface area contributed by atoms with E-state index >= 15 is 0 Å². The normalized spacial score (nSPS) is 12.2. The zero-order chi connectivity index (χ0) is 13.0. The minimum Gasteiger partial charge on any atom is -0.377 e. The van der Waals surface area contributed by atoms with Crippen LogP contribution in [-0.4, -0.2) is 11.5 Å². The topological polar surface area (TPSA) is 50.9 Å². The Kier molecular flexibility index (Phi) is 4.28. The minimum absolute atomic E-state index is 0.0453.